The third kappa shape index (κ3) is 4.85. The molecular formula is C21H24NO4-. The van der Waals surface area contributed by atoms with Gasteiger partial charge in [0.2, 0.25) is 0 Å². The Labute approximate surface area is 154 Å². The van der Waals surface area contributed by atoms with Gasteiger partial charge in [0.15, 0.2) is 0 Å². The topological polar surface area (TPSA) is 78.5 Å². The van der Waals surface area contributed by atoms with E-state index in [4.69, 9.17) is 4.74 Å². The molecule has 0 aliphatic carbocycles. The van der Waals surface area contributed by atoms with E-state index >= 15 is 0 Å². The Kier molecular flexibility index (Phi) is 6.03. The molecule has 2 aromatic carbocycles. The lowest BCUT2D eigenvalue weighted by atomic mass is 9.95. The predicted molar refractivity (Wildman–Crippen MR) is 98.2 cm³/mol. The normalized spacial score (nSPS) is 12.5. The van der Waals surface area contributed by atoms with Crippen LogP contribution in [-0.4, -0.2) is 18.1 Å². The number of aliphatic carboxylic acids is 1. The van der Waals surface area contributed by atoms with Crippen LogP contribution in [0.25, 0.3) is 11.1 Å². The van der Waals surface area contributed by atoms with Crippen molar-refractivity contribution in [2.24, 2.45) is 5.92 Å². The highest BCUT2D eigenvalue weighted by atomic mass is 16.6. The van der Waals surface area contributed by atoms with Gasteiger partial charge in [-0.05, 0) is 36.5 Å². The highest BCUT2D eigenvalue weighted by Gasteiger charge is 2.27. The summed E-state index contributed by atoms with van der Waals surface area (Å²) in [5, 5.41) is 13.5. The smallest absolute Gasteiger partial charge is 0.408 e. The van der Waals surface area contributed by atoms with E-state index in [0.717, 1.165) is 16.7 Å². The molecule has 2 aromatic rings. The summed E-state index contributed by atoms with van der Waals surface area (Å²) >= 11 is 0. The third-order valence-electron chi connectivity index (χ3n) is 4.23. The highest BCUT2D eigenvalue weighted by Crippen LogP contribution is 2.28. The van der Waals surface area contributed by atoms with E-state index in [2.05, 4.69) is 5.32 Å². The van der Waals surface area contributed by atoms with Crippen molar-refractivity contribution in [3.8, 4) is 11.1 Å². The lowest BCUT2D eigenvalue weighted by Gasteiger charge is -2.29. The minimum atomic E-state index is -1.33. The summed E-state index contributed by atoms with van der Waals surface area (Å²) in [5.74, 6) is -1.64. The van der Waals surface area contributed by atoms with Crippen molar-refractivity contribution in [1.82, 2.24) is 5.32 Å². The second kappa shape index (κ2) is 8.04. The zero-order valence-corrected chi connectivity index (χ0v) is 15.5. The molecule has 0 saturated carbocycles. The quantitative estimate of drug-likeness (QED) is 0.865. The maximum absolute atomic E-state index is 12.1. The van der Waals surface area contributed by atoms with Crippen LogP contribution in [0.2, 0.25) is 0 Å². The Bertz CT molecular complexity index is 751. The highest BCUT2D eigenvalue weighted by molar-refractivity contribution is 5.79. The molecule has 5 heteroatoms. The van der Waals surface area contributed by atoms with Crippen LogP contribution in [0.5, 0.6) is 0 Å². The average molecular weight is 354 g/mol. The van der Waals surface area contributed by atoms with Crippen molar-refractivity contribution in [2.45, 2.75) is 39.3 Å². The fourth-order valence-corrected chi connectivity index (χ4v) is 2.64. The Balaban J connectivity index is 2.09. The Morgan fingerprint density at radius 3 is 2.00 bits per heavy atom. The molecule has 0 fully saturated rings. The van der Waals surface area contributed by atoms with Crippen LogP contribution in [0, 0.1) is 5.92 Å². The van der Waals surface area contributed by atoms with Crippen LogP contribution in [0.15, 0.2) is 54.6 Å². The van der Waals surface area contributed by atoms with Crippen molar-refractivity contribution in [1.29, 1.82) is 0 Å². The number of nitrogens with one attached hydrogen (secondary N) is 1. The number of carbonyl (C=O) groups excluding carboxylic acids is 2. The van der Waals surface area contributed by atoms with E-state index in [0.29, 0.717) is 0 Å². The standard InChI is InChI=1S/C21H25NO4/c1-14(2)18(19(23)24)22-20(25)26-21(3,4)17-12-10-16(11-13-17)15-8-6-5-7-9-15/h5-14,18H,1-4H3,(H,22,25)(H,23,24)/p-1. The van der Waals surface area contributed by atoms with Gasteiger partial charge in [0.25, 0.3) is 0 Å². The van der Waals surface area contributed by atoms with Crippen molar-refractivity contribution in [3.05, 3.63) is 60.2 Å². The molecule has 0 radical (unpaired) electrons. The van der Waals surface area contributed by atoms with Gasteiger partial charge in [0.1, 0.15) is 5.60 Å². The molecule has 138 valence electrons. The molecular weight excluding hydrogens is 330 g/mol. The summed E-state index contributed by atoms with van der Waals surface area (Å²) in [6, 6.07) is 16.6. The summed E-state index contributed by atoms with van der Waals surface area (Å²) in [5.41, 5.74) is 2.06. The first-order chi connectivity index (χ1) is 12.2. The number of carboxylic acid groups (broad SMARTS) is 1. The molecule has 26 heavy (non-hydrogen) atoms. The second-order valence-corrected chi connectivity index (χ2v) is 7.03. The van der Waals surface area contributed by atoms with E-state index in [1.807, 2.05) is 54.6 Å². The van der Waals surface area contributed by atoms with Gasteiger partial charge in [-0.3, -0.25) is 0 Å². The number of carbonyl (C=O) groups is 2. The van der Waals surface area contributed by atoms with Crippen LogP contribution in [-0.2, 0) is 15.1 Å². The Morgan fingerprint density at radius 1 is 0.962 bits per heavy atom. The monoisotopic (exact) mass is 354 g/mol. The lowest BCUT2D eigenvalue weighted by Crippen LogP contribution is -2.51. The van der Waals surface area contributed by atoms with Gasteiger partial charge in [-0.2, -0.15) is 0 Å². The summed E-state index contributed by atoms with van der Waals surface area (Å²) in [7, 11) is 0. The van der Waals surface area contributed by atoms with Gasteiger partial charge in [-0.15, -0.1) is 0 Å². The summed E-state index contributed by atoms with van der Waals surface area (Å²) < 4.78 is 5.46. The van der Waals surface area contributed by atoms with Crippen molar-refractivity contribution >= 4 is 12.1 Å². The van der Waals surface area contributed by atoms with Crippen LogP contribution in [0.1, 0.15) is 33.3 Å². The summed E-state index contributed by atoms with van der Waals surface area (Å²) in [6.45, 7) is 6.89. The summed E-state index contributed by atoms with van der Waals surface area (Å²) in [4.78, 5) is 23.2. The molecule has 1 atom stereocenters. The lowest BCUT2D eigenvalue weighted by molar-refractivity contribution is -0.309. The molecule has 0 aromatic heterocycles. The first kappa shape index (κ1) is 19.5. The van der Waals surface area contributed by atoms with Gasteiger partial charge >= 0.3 is 6.09 Å². The molecule has 0 bridgehead atoms. The number of rotatable bonds is 6. The van der Waals surface area contributed by atoms with Crippen molar-refractivity contribution < 1.29 is 19.4 Å². The van der Waals surface area contributed by atoms with Gasteiger partial charge in [-0.25, -0.2) is 4.79 Å². The van der Waals surface area contributed by atoms with Gasteiger partial charge < -0.3 is 20.0 Å². The maximum atomic E-state index is 12.1. The van der Waals surface area contributed by atoms with Crippen LogP contribution < -0.4 is 10.4 Å². The molecule has 1 amide bonds. The number of benzene rings is 2. The molecule has 1 N–H and O–H groups in total. The van der Waals surface area contributed by atoms with Crippen molar-refractivity contribution in [2.75, 3.05) is 0 Å². The van der Waals surface area contributed by atoms with Crippen molar-refractivity contribution in [3.63, 3.8) is 0 Å². The number of amides is 1. The fraction of sp³-hybridized carbons (Fsp3) is 0.333. The minimum Gasteiger partial charge on any atom is -0.548 e. The largest absolute Gasteiger partial charge is 0.548 e. The maximum Gasteiger partial charge on any atom is 0.408 e. The predicted octanol–water partition coefficient (Wildman–Crippen LogP) is 3.09. The Hall–Kier alpha value is -2.82. The van der Waals surface area contributed by atoms with Gasteiger partial charge in [0, 0.05) is 0 Å². The summed E-state index contributed by atoms with van der Waals surface area (Å²) in [6.07, 6.45) is -0.787. The number of hydrogen-bond donors (Lipinski definition) is 1. The molecule has 0 spiro atoms. The van der Waals surface area contributed by atoms with E-state index in [1.165, 1.54) is 0 Å². The first-order valence-corrected chi connectivity index (χ1v) is 8.57. The van der Waals surface area contributed by atoms with Crippen LogP contribution in [0.4, 0.5) is 4.79 Å². The van der Waals surface area contributed by atoms with E-state index < -0.39 is 23.7 Å². The van der Waals surface area contributed by atoms with Crippen LogP contribution in [0.3, 0.4) is 0 Å². The average Bonchev–Trinajstić information content (AvgIpc) is 2.59. The zero-order valence-electron chi connectivity index (χ0n) is 15.5. The first-order valence-electron chi connectivity index (χ1n) is 8.57. The number of carboxylic acids is 1. The van der Waals surface area contributed by atoms with Gasteiger partial charge in [-0.1, -0.05) is 68.4 Å². The Morgan fingerprint density at radius 2 is 1.50 bits per heavy atom. The fourth-order valence-electron chi connectivity index (χ4n) is 2.64. The molecule has 0 aliphatic heterocycles. The van der Waals surface area contributed by atoms with Gasteiger partial charge in [0.05, 0.1) is 12.0 Å². The third-order valence-corrected chi connectivity index (χ3v) is 4.23. The molecule has 2 rings (SSSR count). The van der Waals surface area contributed by atoms with Crippen LogP contribution >= 0.6 is 0 Å². The minimum absolute atomic E-state index is 0.305. The number of hydrogen-bond acceptors (Lipinski definition) is 4. The zero-order chi connectivity index (χ0) is 19.3. The molecule has 0 heterocycles. The van der Waals surface area contributed by atoms with E-state index in [-0.39, 0.29) is 5.92 Å². The SMILES string of the molecule is CC(C)C(NC(=O)OC(C)(C)c1ccc(-c2ccccc2)cc1)C(=O)[O-]. The van der Waals surface area contributed by atoms with E-state index in [9.17, 15) is 14.7 Å². The number of alkyl carbamates (subject to hydrolysis) is 1. The second-order valence-electron chi connectivity index (χ2n) is 7.03. The van der Waals surface area contributed by atoms with E-state index in [1.54, 1.807) is 27.7 Å². The molecule has 0 aliphatic rings. The molecule has 5 nitrogen and oxygen atoms in total. The molecule has 1 unspecified atom stereocenters. The number of ether oxygens (including phenoxy) is 1. The molecule has 0 saturated heterocycles.